The second-order valence-electron chi connectivity index (χ2n) is 9.25. The third-order valence-electron chi connectivity index (χ3n) is 6.34. The summed E-state index contributed by atoms with van der Waals surface area (Å²) < 4.78 is 37.5. The quantitative estimate of drug-likeness (QED) is 0.264. The van der Waals surface area contributed by atoms with Crippen molar-refractivity contribution in [3.05, 3.63) is 40.5 Å². The lowest BCUT2D eigenvalue weighted by Gasteiger charge is -2.34. The highest BCUT2D eigenvalue weighted by Gasteiger charge is 2.23. The summed E-state index contributed by atoms with van der Waals surface area (Å²) in [5.74, 6) is -2.63. The average Bonchev–Trinajstić information content (AvgIpc) is 3.26. The number of aliphatic hydroxyl groups is 1. The van der Waals surface area contributed by atoms with Gasteiger partial charge in [-0.2, -0.15) is 4.37 Å². The number of carbonyl (C=O) groups excluding carboxylic acids is 2. The number of nitrogens with one attached hydrogen (secondary N) is 2. The number of nitrogens with two attached hydrogens (primary N) is 1. The number of ether oxygens (including phenoxy) is 1. The molecule has 13 heteroatoms. The number of hydrogen-bond acceptors (Lipinski definition) is 8. The highest BCUT2D eigenvalue weighted by Crippen LogP contribution is 2.31. The molecule has 0 saturated carbocycles. The molecule has 0 aliphatic carbocycles. The van der Waals surface area contributed by atoms with E-state index in [0.29, 0.717) is 12.1 Å². The Balaban J connectivity index is 1.36. The third-order valence-corrected chi connectivity index (χ3v) is 7.09. The van der Waals surface area contributed by atoms with Crippen LogP contribution in [0, 0.1) is 18.6 Å². The Morgan fingerprint density at radius 2 is 1.71 bits per heavy atom. The van der Waals surface area contributed by atoms with Crippen molar-refractivity contribution >= 4 is 28.5 Å². The van der Waals surface area contributed by atoms with Gasteiger partial charge in [-0.25, -0.2) is 13.6 Å². The number of urea groups is 1. The Hall–Kier alpha value is -2.87. The summed E-state index contributed by atoms with van der Waals surface area (Å²) in [5, 5.41) is 14.4. The topological polar surface area (TPSA) is 133 Å². The molecule has 0 bridgehead atoms. The maximum Gasteiger partial charge on any atom is 0.319 e. The molecule has 1 aromatic carbocycles. The van der Waals surface area contributed by atoms with Crippen LogP contribution in [-0.2, 0) is 6.61 Å². The van der Waals surface area contributed by atoms with Crippen LogP contribution >= 0.6 is 11.5 Å². The van der Waals surface area contributed by atoms with Crippen molar-refractivity contribution in [1.82, 2.24) is 19.5 Å². The zero-order valence-corrected chi connectivity index (χ0v) is 22.4. The van der Waals surface area contributed by atoms with E-state index in [1.165, 1.54) is 12.1 Å². The standard InChI is InChI=1S/C25H36F2N6O4S/c1-17-14-19(26)18(20(27)15-17)16-37-23-21(22(28)35)24(38-31-23)30-25(36)29-6-4-2-3-5-7-32-8-10-33(11-9-32)12-13-34/h14-15,34H,2-13,16H2,1H3,(H2,28,35)(H2,29,30,36). The number of nitrogens with zero attached hydrogens (tertiary/aromatic N) is 3. The molecule has 5 N–H and O–H groups in total. The van der Waals surface area contributed by atoms with E-state index in [2.05, 4.69) is 24.8 Å². The molecule has 2 heterocycles. The van der Waals surface area contributed by atoms with Crippen LogP contribution in [-0.4, -0.2) is 83.6 Å². The van der Waals surface area contributed by atoms with Gasteiger partial charge in [0.25, 0.3) is 5.91 Å². The number of unbranched alkanes of at least 4 members (excludes halogenated alkanes) is 3. The van der Waals surface area contributed by atoms with Crippen LogP contribution in [0.5, 0.6) is 5.88 Å². The minimum atomic E-state index is -0.885. The Bertz CT molecular complexity index is 1060. The van der Waals surface area contributed by atoms with Gasteiger partial charge in [0.05, 0.1) is 12.2 Å². The molecule has 0 unspecified atom stereocenters. The zero-order chi connectivity index (χ0) is 27.5. The van der Waals surface area contributed by atoms with Crippen LogP contribution in [0.3, 0.4) is 0 Å². The van der Waals surface area contributed by atoms with Crippen molar-refractivity contribution in [2.75, 3.05) is 57.7 Å². The fourth-order valence-corrected chi connectivity index (χ4v) is 4.96. The van der Waals surface area contributed by atoms with E-state index in [0.717, 1.165) is 76.5 Å². The summed E-state index contributed by atoms with van der Waals surface area (Å²) in [7, 11) is 0. The predicted octanol–water partition coefficient (Wildman–Crippen LogP) is 2.70. The largest absolute Gasteiger partial charge is 0.471 e. The van der Waals surface area contributed by atoms with Gasteiger partial charge in [-0.05, 0) is 55.5 Å². The molecule has 3 amide bonds. The Morgan fingerprint density at radius 1 is 1.08 bits per heavy atom. The molecular weight excluding hydrogens is 518 g/mol. The van der Waals surface area contributed by atoms with Crippen molar-refractivity contribution in [3.8, 4) is 5.88 Å². The van der Waals surface area contributed by atoms with Gasteiger partial charge < -0.3 is 25.8 Å². The highest BCUT2D eigenvalue weighted by atomic mass is 32.1. The third kappa shape index (κ3) is 8.86. The van der Waals surface area contributed by atoms with Crippen LogP contribution in [0.2, 0.25) is 0 Å². The molecule has 1 aliphatic rings. The molecule has 38 heavy (non-hydrogen) atoms. The number of anilines is 1. The molecule has 0 radical (unpaired) electrons. The van der Waals surface area contributed by atoms with Gasteiger partial charge in [-0.3, -0.25) is 15.0 Å². The van der Waals surface area contributed by atoms with Gasteiger partial charge in [0, 0.05) is 39.3 Å². The summed E-state index contributed by atoms with van der Waals surface area (Å²) in [6, 6.07) is 1.84. The van der Waals surface area contributed by atoms with Crippen molar-refractivity contribution in [2.45, 2.75) is 39.2 Å². The smallest absolute Gasteiger partial charge is 0.319 e. The van der Waals surface area contributed by atoms with E-state index >= 15 is 0 Å². The molecule has 0 atom stereocenters. The maximum atomic E-state index is 14.1. The van der Waals surface area contributed by atoms with Gasteiger partial charge in [0.1, 0.15) is 28.8 Å². The van der Waals surface area contributed by atoms with Crippen molar-refractivity contribution in [2.24, 2.45) is 5.73 Å². The number of primary amides is 1. The molecule has 1 fully saturated rings. The van der Waals surface area contributed by atoms with Crippen LogP contribution in [0.15, 0.2) is 12.1 Å². The number of amides is 3. The minimum Gasteiger partial charge on any atom is -0.471 e. The lowest BCUT2D eigenvalue weighted by Crippen LogP contribution is -2.47. The van der Waals surface area contributed by atoms with Crippen molar-refractivity contribution in [1.29, 1.82) is 0 Å². The number of aromatic nitrogens is 1. The number of benzene rings is 1. The Morgan fingerprint density at radius 3 is 2.34 bits per heavy atom. The van der Waals surface area contributed by atoms with E-state index in [4.69, 9.17) is 15.6 Å². The van der Waals surface area contributed by atoms with Gasteiger partial charge in [0.15, 0.2) is 0 Å². The number of rotatable bonds is 14. The van der Waals surface area contributed by atoms with Crippen LogP contribution < -0.4 is 21.1 Å². The fraction of sp³-hybridized carbons (Fsp3) is 0.560. The van der Waals surface area contributed by atoms with Gasteiger partial charge in [0.2, 0.25) is 5.88 Å². The summed E-state index contributed by atoms with van der Waals surface area (Å²) in [6.45, 7) is 7.58. The predicted molar refractivity (Wildman–Crippen MR) is 142 cm³/mol. The molecule has 1 aromatic heterocycles. The van der Waals surface area contributed by atoms with Crippen molar-refractivity contribution in [3.63, 3.8) is 0 Å². The SMILES string of the molecule is Cc1cc(F)c(COc2nsc(NC(=O)NCCCCCCN3CCN(CCO)CC3)c2C(N)=O)c(F)c1. The number of aryl methyl sites for hydroxylation is 1. The monoisotopic (exact) mass is 554 g/mol. The molecule has 2 aromatic rings. The normalized spacial score (nSPS) is 14.4. The molecule has 210 valence electrons. The first-order chi connectivity index (χ1) is 18.3. The molecule has 1 saturated heterocycles. The summed E-state index contributed by atoms with van der Waals surface area (Å²) in [4.78, 5) is 29.0. The van der Waals surface area contributed by atoms with Crippen LogP contribution in [0.4, 0.5) is 18.6 Å². The number of halogens is 2. The first-order valence-corrected chi connectivity index (χ1v) is 13.5. The maximum absolute atomic E-state index is 14.1. The van der Waals surface area contributed by atoms with Crippen LogP contribution in [0.1, 0.15) is 47.2 Å². The number of aliphatic hydroxyl groups excluding tert-OH is 1. The number of hydrogen-bond donors (Lipinski definition) is 4. The van der Waals surface area contributed by atoms with E-state index in [9.17, 15) is 18.4 Å². The molecule has 1 aliphatic heterocycles. The summed E-state index contributed by atoms with van der Waals surface area (Å²) in [6.07, 6.45) is 3.94. The second-order valence-corrected chi connectivity index (χ2v) is 10.0. The van der Waals surface area contributed by atoms with E-state index in [-0.39, 0.29) is 28.6 Å². The first kappa shape index (κ1) is 29.7. The fourth-order valence-electron chi connectivity index (χ4n) is 4.23. The second kappa shape index (κ2) is 14.9. The molecular formula is C25H36F2N6O4S. The van der Waals surface area contributed by atoms with Gasteiger partial charge in [-0.15, -0.1) is 0 Å². The lowest BCUT2D eigenvalue weighted by molar-refractivity contribution is 0.0996. The summed E-state index contributed by atoms with van der Waals surface area (Å²) >= 11 is 0.790. The first-order valence-electron chi connectivity index (χ1n) is 12.8. The average molecular weight is 555 g/mol. The van der Waals surface area contributed by atoms with E-state index in [1.807, 2.05) is 0 Å². The number of carbonyl (C=O) groups is 2. The number of β-amino-alcohol motifs (C(OH)–C–C–N with tert-alkyl or cyclic N) is 1. The van der Waals surface area contributed by atoms with E-state index in [1.54, 1.807) is 6.92 Å². The Kier molecular flexibility index (Phi) is 11.6. The lowest BCUT2D eigenvalue weighted by atomic mass is 10.1. The van der Waals surface area contributed by atoms with Crippen LogP contribution in [0.25, 0.3) is 0 Å². The minimum absolute atomic E-state index is 0.0916. The van der Waals surface area contributed by atoms with Crippen molar-refractivity contribution < 1.29 is 28.2 Å². The summed E-state index contributed by atoms with van der Waals surface area (Å²) in [5.41, 5.74) is 5.41. The number of piperazine rings is 1. The van der Waals surface area contributed by atoms with Gasteiger partial charge in [-0.1, -0.05) is 12.8 Å². The Labute approximate surface area is 225 Å². The highest BCUT2D eigenvalue weighted by molar-refractivity contribution is 7.11. The molecule has 0 spiro atoms. The molecule has 10 nitrogen and oxygen atoms in total. The van der Waals surface area contributed by atoms with E-state index < -0.39 is 30.2 Å². The zero-order valence-electron chi connectivity index (χ0n) is 21.6. The van der Waals surface area contributed by atoms with Gasteiger partial charge >= 0.3 is 6.03 Å². The molecule has 3 rings (SSSR count).